The molecule has 112 valence electrons. The second-order valence-electron chi connectivity index (χ2n) is 5.11. The Bertz CT molecular complexity index is 765. The van der Waals surface area contributed by atoms with Gasteiger partial charge in [-0.3, -0.25) is 5.32 Å². The van der Waals surface area contributed by atoms with Gasteiger partial charge in [0.1, 0.15) is 6.04 Å². The third-order valence-corrected chi connectivity index (χ3v) is 3.74. The molecule has 2 N–H and O–H groups in total. The van der Waals surface area contributed by atoms with E-state index < -0.39 is 6.04 Å². The molecule has 2 aromatic carbocycles. The van der Waals surface area contributed by atoms with Crippen LogP contribution in [-0.2, 0) is 16.1 Å². The zero-order valence-electron chi connectivity index (χ0n) is 12.4. The van der Waals surface area contributed by atoms with E-state index in [4.69, 9.17) is 4.74 Å². The molecule has 0 amide bonds. The smallest absolute Gasteiger partial charge is 0.327 e. The number of aromatic nitrogens is 1. The highest BCUT2D eigenvalue weighted by Gasteiger charge is 2.20. The minimum atomic E-state index is -0.472. The average molecular weight is 294 g/mol. The molecule has 0 aliphatic heterocycles. The molecule has 4 nitrogen and oxygen atoms in total. The Morgan fingerprint density at radius 2 is 1.86 bits per heavy atom. The SMILES string of the molecule is COC(=O)[C@H](NCc1c[nH]c2ccccc12)c1ccccc1. The van der Waals surface area contributed by atoms with E-state index in [1.165, 1.54) is 7.11 Å². The van der Waals surface area contributed by atoms with Gasteiger partial charge in [-0.1, -0.05) is 48.5 Å². The number of carbonyl (C=O) groups is 1. The number of aromatic amines is 1. The second-order valence-corrected chi connectivity index (χ2v) is 5.11. The van der Waals surface area contributed by atoms with Gasteiger partial charge in [-0.2, -0.15) is 0 Å². The number of nitrogens with one attached hydrogen (secondary N) is 2. The summed E-state index contributed by atoms with van der Waals surface area (Å²) < 4.78 is 4.91. The van der Waals surface area contributed by atoms with Crippen LogP contribution in [0.4, 0.5) is 0 Å². The maximum atomic E-state index is 12.0. The third kappa shape index (κ3) is 2.87. The minimum absolute atomic E-state index is 0.286. The van der Waals surface area contributed by atoms with Gasteiger partial charge < -0.3 is 9.72 Å². The van der Waals surface area contributed by atoms with Crippen molar-refractivity contribution in [2.45, 2.75) is 12.6 Å². The fourth-order valence-corrected chi connectivity index (χ4v) is 2.59. The number of rotatable bonds is 5. The lowest BCUT2D eigenvalue weighted by Crippen LogP contribution is -2.29. The van der Waals surface area contributed by atoms with Crippen LogP contribution in [0.15, 0.2) is 60.8 Å². The molecular formula is C18H18N2O2. The van der Waals surface area contributed by atoms with E-state index in [-0.39, 0.29) is 5.97 Å². The molecule has 0 bridgehead atoms. The quantitative estimate of drug-likeness (QED) is 0.711. The molecule has 1 heterocycles. The molecule has 3 aromatic rings. The van der Waals surface area contributed by atoms with Gasteiger partial charge >= 0.3 is 5.97 Å². The molecule has 0 spiro atoms. The minimum Gasteiger partial charge on any atom is -0.468 e. The van der Waals surface area contributed by atoms with E-state index in [9.17, 15) is 4.79 Å². The standard InChI is InChI=1S/C18H18N2O2/c1-22-18(21)17(13-7-3-2-4-8-13)20-12-14-11-19-16-10-6-5-9-15(14)16/h2-11,17,19-20H,12H2,1H3/t17-/m1/s1. The Hall–Kier alpha value is -2.59. The van der Waals surface area contributed by atoms with E-state index in [0.29, 0.717) is 6.54 Å². The number of carbonyl (C=O) groups excluding carboxylic acids is 1. The van der Waals surface area contributed by atoms with Crippen molar-refractivity contribution in [3.05, 3.63) is 71.9 Å². The first-order valence-electron chi connectivity index (χ1n) is 7.21. The van der Waals surface area contributed by atoms with Gasteiger partial charge in [0, 0.05) is 23.6 Å². The Morgan fingerprint density at radius 1 is 1.14 bits per heavy atom. The molecule has 0 unspecified atom stereocenters. The number of para-hydroxylation sites is 1. The Morgan fingerprint density at radius 3 is 2.64 bits per heavy atom. The normalized spacial score (nSPS) is 12.2. The van der Waals surface area contributed by atoms with Crippen molar-refractivity contribution in [1.29, 1.82) is 0 Å². The maximum absolute atomic E-state index is 12.0. The Kier molecular flexibility index (Phi) is 4.21. The summed E-state index contributed by atoms with van der Waals surface area (Å²) in [7, 11) is 1.41. The number of hydrogen-bond donors (Lipinski definition) is 2. The van der Waals surface area contributed by atoms with Gasteiger partial charge in [0.2, 0.25) is 0 Å². The summed E-state index contributed by atoms with van der Waals surface area (Å²) in [5.41, 5.74) is 3.11. The first-order chi connectivity index (χ1) is 10.8. The molecule has 0 saturated heterocycles. The Balaban J connectivity index is 1.81. The fraction of sp³-hybridized carbons (Fsp3) is 0.167. The van der Waals surface area contributed by atoms with Crippen LogP contribution >= 0.6 is 0 Å². The topological polar surface area (TPSA) is 54.1 Å². The van der Waals surface area contributed by atoms with Crippen molar-refractivity contribution < 1.29 is 9.53 Å². The van der Waals surface area contributed by atoms with Gasteiger partial charge in [0.25, 0.3) is 0 Å². The molecule has 0 radical (unpaired) electrons. The van der Waals surface area contributed by atoms with Crippen molar-refractivity contribution in [2.24, 2.45) is 0 Å². The number of hydrogen-bond acceptors (Lipinski definition) is 3. The molecule has 3 rings (SSSR count). The average Bonchev–Trinajstić information content (AvgIpc) is 2.99. The highest BCUT2D eigenvalue weighted by molar-refractivity contribution is 5.83. The molecule has 4 heteroatoms. The summed E-state index contributed by atoms with van der Waals surface area (Å²) >= 11 is 0. The summed E-state index contributed by atoms with van der Waals surface area (Å²) in [5.74, 6) is -0.286. The number of H-pyrrole nitrogens is 1. The fourth-order valence-electron chi connectivity index (χ4n) is 2.59. The first kappa shape index (κ1) is 14.4. The van der Waals surface area contributed by atoms with Crippen LogP contribution in [0.25, 0.3) is 10.9 Å². The van der Waals surface area contributed by atoms with Crippen molar-refractivity contribution in [3.8, 4) is 0 Å². The van der Waals surface area contributed by atoms with Crippen LogP contribution in [0.1, 0.15) is 17.2 Å². The lowest BCUT2D eigenvalue weighted by molar-refractivity contribution is -0.143. The van der Waals surface area contributed by atoms with E-state index in [2.05, 4.69) is 16.4 Å². The molecule has 0 aliphatic carbocycles. The van der Waals surface area contributed by atoms with E-state index in [1.807, 2.05) is 54.7 Å². The number of fused-ring (bicyclic) bond motifs is 1. The van der Waals surface area contributed by atoms with Crippen LogP contribution in [-0.4, -0.2) is 18.1 Å². The van der Waals surface area contributed by atoms with Crippen molar-refractivity contribution in [3.63, 3.8) is 0 Å². The summed E-state index contributed by atoms with van der Waals surface area (Å²) in [6.07, 6.45) is 1.97. The van der Waals surface area contributed by atoms with Crippen LogP contribution in [0, 0.1) is 0 Å². The van der Waals surface area contributed by atoms with E-state index in [1.54, 1.807) is 0 Å². The van der Waals surface area contributed by atoms with Crippen LogP contribution in [0.2, 0.25) is 0 Å². The van der Waals surface area contributed by atoms with Crippen molar-refractivity contribution >= 4 is 16.9 Å². The predicted octanol–water partition coefficient (Wildman–Crippen LogP) is 3.17. The van der Waals surface area contributed by atoms with Crippen LogP contribution in [0.3, 0.4) is 0 Å². The highest BCUT2D eigenvalue weighted by Crippen LogP contribution is 2.20. The second kappa shape index (κ2) is 6.45. The maximum Gasteiger partial charge on any atom is 0.327 e. The van der Waals surface area contributed by atoms with Crippen LogP contribution < -0.4 is 5.32 Å². The van der Waals surface area contributed by atoms with Gasteiger partial charge in [0.15, 0.2) is 0 Å². The van der Waals surface area contributed by atoms with E-state index >= 15 is 0 Å². The third-order valence-electron chi connectivity index (χ3n) is 3.74. The van der Waals surface area contributed by atoms with Crippen molar-refractivity contribution in [1.82, 2.24) is 10.3 Å². The molecule has 0 aliphatic rings. The molecule has 22 heavy (non-hydrogen) atoms. The zero-order valence-corrected chi connectivity index (χ0v) is 12.4. The number of esters is 1. The van der Waals surface area contributed by atoms with Crippen LogP contribution in [0.5, 0.6) is 0 Å². The lowest BCUT2D eigenvalue weighted by Gasteiger charge is -2.16. The number of ether oxygens (including phenoxy) is 1. The van der Waals surface area contributed by atoms with Crippen molar-refractivity contribution in [2.75, 3.05) is 7.11 Å². The predicted molar refractivity (Wildman–Crippen MR) is 86.3 cm³/mol. The summed E-state index contributed by atoms with van der Waals surface area (Å²) in [5, 5.41) is 4.45. The summed E-state index contributed by atoms with van der Waals surface area (Å²) in [6, 6.07) is 17.2. The molecular weight excluding hydrogens is 276 g/mol. The largest absolute Gasteiger partial charge is 0.468 e. The number of methoxy groups -OCH3 is 1. The molecule has 1 atom stereocenters. The van der Waals surface area contributed by atoms with E-state index in [0.717, 1.165) is 22.0 Å². The van der Waals surface area contributed by atoms with Gasteiger partial charge in [0.05, 0.1) is 7.11 Å². The highest BCUT2D eigenvalue weighted by atomic mass is 16.5. The monoisotopic (exact) mass is 294 g/mol. The molecule has 0 fully saturated rings. The Labute approximate surface area is 129 Å². The zero-order chi connectivity index (χ0) is 15.4. The number of benzene rings is 2. The summed E-state index contributed by atoms with van der Waals surface area (Å²) in [4.78, 5) is 15.3. The molecule has 1 aromatic heterocycles. The van der Waals surface area contributed by atoms with Gasteiger partial charge in [-0.05, 0) is 17.2 Å². The molecule has 0 saturated carbocycles. The summed E-state index contributed by atoms with van der Waals surface area (Å²) in [6.45, 7) is 0.582. The lowest BCUT2D eigenvalue weighted by atomic mass is 10.1. The van der Waals surface area contributed by atoms with Gasteiger partial charge in [-0.15, -0.1) is 0 Å². The van der Waals surface area contributed by atoms with Gasteiger partial charge in [-0.25, -0.2) is 4.79 Å². The first-order valence-corrected chi connectivity index (χ1v) is 7.21.